The van der Waals surface area contributed by atoms with Crippen molar-refractivity contribution >= 4 is 28.3 Å². The lowest BCUT2D eigenvalue weighted by Crippen LogP contribution is -2.37. The van der Waals surface area contributed by atoms with Crippen molar-refractivity contribution < 1.29 is 36.5 Å². The van der Waals surface area contributed by atoms with Crippen molar-refractivity contribution in [1.29, 1.82) is 0 Å². The van der Waals surface area contributed by atoms with E-state index < -0.39 is 46.8 Å². The molecule has 1 heterocycles. The summed E-state index contributed by atoms with van der Waals surface area (Å²) in [6.07, 6.45) is -0.0210. The quantitative estimate of drug-likeness (QED) is 0.229. The van der Waals surface area contributed by atoms with E-state index in [0.29, 0.717) is 5.56 Å². The predicted molar refractivity (Wildman–Crippen MR) is 114 cm³/mol. The van der Waals surface area contributed by atoms with E-state index in [9.17, 15) is 18.0 Å². The van der Waals surface area contributed by atoms with Crippen LogP contribution in [0.4, 0.5) is 0 Å². The van der Waals surface area contributed by atoms with Gasteiger partial charge in [0.2, 0.25) is 0 Å². The lowest BCUT2D eigenvalue weighted by Gasteiger charge is -2.23. The van der Waals surface area contributed by atoms with Gasteiger partial charge in [-0.3, -0.25) is 8.98 Å². The number of hydrogen-bond donors (Lipinski definition) is 0. The van der Waals surface area contributed by atoms with Crippen molar-refractivity contribution in [3.63, 3.8) is 0 Å². The maximum atomic E-state index is 12.2. The van der Waals surface area contributed by atoms with Crippen LogP contribution >= 0.6 is 0 Å². The fourth-order valence-electron chi connectivity index (χ4n) is 3.13. The van der Waals surface area contributed by atoms with Crippen LogP contribution < -0.4 is 0 Å². The van der Waals surface area contributed by atoms with Crippen molar-refractivity contribution in [1.82, 2.24) is 0 Å². The minimum absolute atomic E-state index is 0.127. The zero-order valence-electron chi connectivity index (χ0n) is 17.3. The van der Waals surface area contributed by atoms with Gasteiger partial charge in [0.15, 0.2) is 0 Å². The number of hydrogen-bond acceptors (Lipinski definition) is 9. The molecule has 32 heavy (non-hydrogen) atoms. The van der Waals surface area contributed by atoms with Crippen LogP contribution in [-0.4, -0.2) is 51.6 Å². The van der Waals surface area contributed by atoms with E-state index in [2.05, 4.69) is 5.16 Å². The number of ether oxygens (including phenoxy) is 2. The number of cyclic esters (lactones) is 1. The fraction of sp³-hybridized carbons (Fsp3) is 0.318. The van der Waals surface area contributed by atoms with E-state index in [1.54, 1.807) is 30.3 Å². The van der Waals surface area contributed by atoms with Crippen molar-refractivity contribution in [2.24, 2.45) is 11.1 Å². The Hall–Kier alpha value is -3.24. The summed E-state index contributed by atoms with van der Waals surface area (Å²) >= 11 is 0. The predicted octanol–water partition coefficient (Wildman–Crippen LogP) is 2.32. The molecular formula is C22H23NO8S. The van der Waals surface area contributed by atoms with Gasteiger partial charge < -0.3 is 14.3 Å². The number of nitrogens with zero attached hydrogens (tertiary/aromatic N) is 1. The molecule has 1 aliphatic heterocycles. The molecule has 3 atom stereocenters. The Kier molecular flexibility index (Phi) is 7.96. The van der Waals surface area contributed by atoms with Crippen LogP contribution in [0.5, 0.6) is 0 Å². The third-order valence-electron chi connectivity index (χ3n) is 4.61. The van der Waals surface area contributed by atoms with Gasteiger partial charge in [0.1, 0.15) is 25.4 Å². The molecule has 0 bridgehead atoms. The van der Waals surface area contributed by atoms with Gasteiger partial charge >= 0.3 is 11.9 Å². The number of esters is 2. The molecule has 0 saturated carbocycles. The van der Waals surface area contributed by atoms with Gasteiger partial charge in [-0.25, -0.2) is 4.79 Å². The highest BCUT2D eigenvalue weighted by Gasteiger charge is 2.42. The monoisotopic (exact) mass is 461 g/mol. The van der Waals surface area contributed by atoms with Crippen molar-refractivity contribution in [3.05, 3.63) is 71.8 Å². The Morgan fingerprint density at radius 2 is 1.81 bits per heavy atom. The molecule has 170 valence electrons. The molecule has 0 amide bonds. The summed E-state index contributed by atoms with van der Waals surface area (Å²) in [4.78, 5) is 29.4. The first-order valence-corrected chi connectivity index (χ1v) is 11.6. The van der Waals surface area contributed by atoms with Gasteiger partial charge in [-0.15, -0.1) is 0 Å². The molecule has 1 aliphatic rings. The molecule has 10 heteroatoms. The normalized spacial score (nSPS) is 19.5. The van der Waals surface area contributed by atoms with Crippen LogP contribution in [0.3, 0.4) is 0 Å². The minimum Gasteiger partial charge on any atom is -0.459 e. The SMILES string of the molecule is CS(=O)(=O)O[C@@H](COC(=O)c1ccccc1)[C@H]1CC(=O)O[C@H]1/C=N/OCc1ccccc1. The van der Waals surface area contributed by atoms with Crippen molar-refractivity contribution in [2.75, 3.05) is 12.9 Å². The first-order chi connectivity index (χ1) is 15.3. The van der Waals surface area contributed by atoms with Gasteiger partial charge in [0.25, 0.3) is 10.1 Å². The lowest BCUT2D eigenvalue weighted by molar-refractivity contribution is -0.139. The first-order valence-electron chi connectivity index (χ1n) is 9.81. The average Bonchev–Trinajstić information content (AvgIpc) is 3.15. The number of carbonyl (C=O) groups is 2. The van der Waals surface area contributed by atoms with Gasteiger partial charge in [0, 0.05) is 5.92 Å². The van der Waals surface area contributed by atoms with Crippen molar-refractivity contribution in [2.45, 2.75) is 25.2 Å². The van der Waals surface area contributed by atoms with E-state index in [1.165, 1.54) is 6.21 Å². The molecule has 0 aliphatic carbocycles. The van der Waals surface area contributed by atoms with Gasteiger partial charge in [-0.2, -0.15) is 8.42 Å². The van der Waals surface area contributed by atoms with Gasteiger partial charge in [0.05, 0.1) is 24.5 Å². The molecule has 0 unspecified atom stereocenters. The van der Waals surface area contributed by atoms with E-state index in [4.69, 9.17) is 18.5 Å². The van der Waals surface area contributed by atoms with Crippen molar-refractivity contribution in [3.8, 4) is 0 Å². The van der Waals surface area contributed by atoms with E-state index in [0.717, 1.165) is 11.8 Å². The Bertz CT molecular complexity index is 1040. The second kappa shape index (κ2) is 10.9. The fourth-order valence-corrected chi connectivity index (χ4v) is 3.78. The van der Waals surface area contributed by atoms with Crippen LogP contribution in [0.2, 0.25) is 0 Å². The second-order valence-corrected chi connectivity index (χ2v) is 8.74. The Morgan fingerprint density at radius 1 is 1.16 bits per heavy atom. The molecule has 0 radical (unpaired) electrons. The summed E-state index contributed by atoms with van der Waals surface area (Å²) in [6, 6.07) is 17.6. The lowest BCUT2D eigenvalue weighted by atomic mass is 9.96. The van der Waals surface area contributed by atoms with Gasteiger partial charge in [-0.05, 0) is 17.7 Å². The van der Waals surface area contributed by atoms with Crippen LogP contribution in [-0.2, 0) is 40.0 Å². The molecule has 0 N–H and O–H groups in total. The molecule has 2 aromatic carbocycles. The minimum atomic E-state index is -3.91. The third-order valence-corrected chi connectivity index (χ3v) is 5.21. The standard InChI is InChI=1S/C22H23NO8S/c1-32(26,27)31-20(15-28-22(25)17-10-6-3-7-11-17)18-12-21(24)30-19(18)13-23-29-14-16-8-4-2-5-9-16/h2-11,13,18-20H,12,14-15H2,1H3/b23-13+/t18-,19-,20-/m0/s1. The summed E-state index contributed by atoms with van der Waals surface area (Å²) in [7, 11) is -3.91. The zero-order chi connectivity index (χ0) is 23.0. The highest BCUT2D eigenvalue weighted by atomic mass is 32.2. The highest BCUT2D eigenvalue weighted by Crippen LogP contribution is 2.28. The summed E-state index contributed by atoms with van der Waals surface area (Å²) in [6.45, 7) is -0.183. The molecule has 1 fully saturated rings. The Labute approximate surface area is 186 Å². The number of benzene rings is 2. The Balaban J connectivity index is 1.66. The molecule has 1 saturated heterocycles. The molecule has 0 spiro atoms. The molecule has 0 aromatic heterocycles. The van der Waals surface area contributed by atoms with Gasteiger partial charge in [-0.1, -0.05) is 53.7 Å². The third kappa shape index (κ3) is 7.17. The maximum Gasteiger partial charge on any atom is 0.338 e. The topological polar surface area (TPSA) is 118 Å². The Morgan fingerprint density at radius 3 is 2.47 bits per heavy atom. The first kappa shape index (κ1) is 23.4. The number of carbonyl (C=O) groups excluding carboxylic acids is 2. The number of oxime groups is 1. The maximum absolute atomic E-state index is 12.2. The van der Waals surface area contributed by atoms with Crippen LogP contribution in [0.15, 0.2) is 65.8 Å². The summed E-state index contributed by atoms with van der Waals surface area (Å²) in [5.41, 5.74) is 1.20. The van der Waals surface area contributed by atoms with Crippen LogP contribution in [0.1, 0.15) is 22.3 Å². The molecule has 3 rings (SSSR count). The summed E-state index contributed by atoms with van der Waals surface area (Å²) in [5.74, 6) is -1.94. The van der Waals surface area contributed by atoms with Crippen LogP contribution in [0, 0.1) is 5.92 Å². The summed E-state index contributed by atoms with van der Waals surface area (Å²) < 4.78 is 39.1. The number of rotatable bonds is 10. The zero-order valence-corrected chi connectivity index (χ0v) is 18.1. The summed E-state index contributed by atoms with van der Waals surface area (Å²) in [5, 5.41) is 3.84. The van der Waals surface area contributed by atoms with Crippen LogP contribution in [0.25, 0.3) is 0 Å². The molecule has 2 aromatic rings. The smallest absolute Gasteiger partial charge is 0.338 e. The average molecular weight is 461 g/mol. The van der Waals surface area contributed by atoms with E-state index in [1.807, 2.05) is 30.3 Å². The highest BCUT2D eigenvalue weighted by molar-refractivity contribution is 7.86. The second-order valence-electron chi connectivity index (χ2n) is 7.14. The molecule has 9 nitrogen and oxygen atoms in total. The molecular weight excluding hydrogens is 438 g/mol. The van der Waals surface area contributed by atoms with E-state index >= 15 is 0 Å². The largest absolute Gasteiger partial charge is 0.459 e. The van der Waals surface area contributed by atoms with E-state index in [-0.39, 0.29) is 13.0 Å².